The van der Waals surface area contributed by atoms with E-state index in [1.807, 2.05) is 13.8 Å². The van der Waals surface area contributed by atoms with Crippen LogP contribution in [0, 0.1) is 0 Å². The first kappa shape index (κ1) is 17.7. The normalized spacial score (nSPS) is 12.3. The summed E-state index contributed by atoms with van der Waals surface area (Å²) in [4.78, 5) is 10.8. The molecule has 1 aromatic carbocycles. The molecule has 21 heavy (non-hydrogen) atoms. The molecule has 1 N–H and O–H groups in total. The molecule has 0 atom stereocenters. The number of sulfone groups is 1. The standard InChI is InChI=1S/C15H22O5S/c1-15(2,20-3)10-11-21(18,19)13-7-4-12(5-8-13)6-9-14(16)17/h4-5,7-8H,6,9-11H2,1-3H3,(H,16,17). The van der Waals surface area contributed by atoms with E-state index in [4.69, 9.17) is 9.84 Å². The maximum Gasteiger partial charge on any atom is 0.303 e. The van der Waals surface area contributed by atoms with Crippen LogP contribution in [0.1, 0.15) is 32.3 Å². The molecule has 1 aromatic rings. The molecule has 6 heteroatoms. The molecule has 118 valence electrons. The van der Waals surface area contributed by atoms with E-state index in [1.54, 1.807) is 19.2 Å². The highest BCUT2D eigenvalue weighted by Crippen LogP contribution is 2.19. The molecule has 0 radical (unpaired) electrons. The lowest BCUT2D eigenvalue weighted by molar-refractivity contribution is -0.136. The van der Waals surface area contributed by atoms with E-state index >= 15 is 0 Å². The fraction of sp³-hybridized carbons (Fsp3) is 0.533. The van der Waals surface area contributed by atoms with E-state index in [0.717, 1.165) is 5.56 Å². The molecule has 0 aliphatic carbocycles. The summed E-state index contributed by atoms with van der Waals surface area (Å²) in [6, 6.07) is 6.40. The van der Waals surface area contributed by atoms with Gasteiger partial charge in [-0.1, -0.05) is 12.1 Å². The molecule has 0 aliphatic rings. The Hall–Kier alpha value is -1.40. The Morgan fingerprint density at radius 2 is 1.81 bits per heavy atom. The maximum absolute atomic E-state index is 12.2. The summed E-state index contributed by atoms with van der Waals surface area (Å²) < 4.78 is 29.7. The van der Waals surface area contributed by atoms with Crippen LogP contribution in [-0.4, -0.2) is 38.0 Å². The first-order chi connectivity index (χ1) is 9.66. The predicted molar refractivity (Wildman–Crippen MR) is 80.2 cm³/mol. The van der Waals surface area contributed by atoms with Crippen molar-refractivity contribution in [1.82, 2.24) is 0 Å². The van der Waals surface area contributed by atoms with Gasteiger partial charge in [0.25, 0.3) is 0 Å². The van der Waals surface area contributed by atoms with Crippen LogP contribution in [0.15, 0.2) is 29.2 Å². The van der Waals surface area contributed by atoms with Gasteiger partial charge in [-0.2, -0.15) is 0 Å². The Morgan fingerprint density at radius 1 is 1.24 bits per heavy atom. The molecule has 0 saturated carbocycles. The summed E-state index contributed by atoms with van der Waals surface area (Å²) in [5.41, 5.74) is 0.336. The number of carboxylic acid groups (broad SMARTS) is 1. The van der Waals surface area contributed by atoms with E-state index < -0.39 is 21.4 Å². The number of carbonyl (C=O) groups is 1. The summed E-state index contributed by atoms with van der Waals surface area (Å²) in [5.74, 6) is -0.851. The highest BCUT2D eigenvalue weighted by atomic mass is 32.2. The molecule has 0 saturated heterocycles. The van der Waals surface area contributed by atoms with Crippen LogP contribution < -0.4 is 0 Å². The Bertz CT molecular complexity index is 573. The number of hydrogen-bond acceptors (Lipinski definition) is 4. The molecular formula is C15H22O5S. The van der Waals surface area contributed by atoms with E-state index in [2.05, 4.69) is 0 Å². The quantitative estimate of drug-likeness (QED) is 0.796. The number of hydrogen-bond donors (Lipinski definition) is 1. The summed E-state index contributed by atoms with van der Waals surface area (Å²) in [6.45, 7) is 3.69. The first-order valence-electron chi connectivity index (χ1n) is 6.75. The molecule has 0 unspecified atom stereocenters. The minimum atomic E-state index is -3.35. The fourth-order valence-corrected chi connectivity index (χ4v) is 3.26. The van der Waals surface area contributed by atoms with Gasteiger partial charge >= 0.3 is 5.97 Å². The zero-order valence-electron chi connectivity index (χ0n) is 12.6. The Labute approximate surface area is 125 Å². The molecular weight excluding hydrogens is 292 g/mol. The molecule has 0 fully saturated rings. The van der Waals surface area contributed by atoms with Crippen LogP contribution in [-0.2, 0) is 25.8 Å². The molecule has 0 aromatic heterocycles. The predicted octanol–water partition coefficient (Wildman–Crippen LogP) is 2.29. The molecule has 5 nitrogen and oxygen atoms in total. The second-order valence-electron chi connectivity index (χ2n) is 5.57. The van der Waals surface area contributed by atoms with Crippen LogP contribution >= 0.6 is 0 Å². The van der Waals surface area contributed by atoms with Crippen molar-refractivity contribution in [3.8, 4) is 0 Å². The zero-order valence-corrected chi connectivity index (χ0v) is 13.4. The summed E-state index contributed by atoms with van der Waals surface area (Å²) in [6.07, 6.45) is 0.840. The molecule has 0 bridgehead atoms. The maximum atomic E-state index is 12.2. The van der Waals surface area contributed by atoms with Crippen LogP contribution in [0.2, 0.25) is 0 Å². The van der Waals surface area contributed by atoms with Crippen molar-refractivity contribution in [3.05, 3.63) is 29.8 Å². The highest BCUT2D eigenvalue weighted by Gasteiger charge is 2.22. The van der Waals surface area contributed by atoms with Crippen molar-refractivity contribution < 1.29 is 23.1 Å². The Kier molecular flexibility index (Phi) is 5.92. The first-order valence-corrected chi connectivity index (χ1v) is 8.40. The SMILES string of the molecule is COC(C)(C)CCS(=O)(=O)c1ccc(CCC(=O)O)cc1. The monoisotopic (exact) mass is 314 g/mol. The fourth-order valence-electron chi connectivity index (χ4n) is 1.71. The molecule has 1 rings (SSSR count). The number of methoxy groups -OCH3 is 1. The van der Waals surface area contributed by atoms with Crippen LogP contribution in [0.4, 0.5) is 0 Å². The Balaban J connectivity index is 2.73. The lowest BCUT2D eigenvalue weighted by atomic mass is 10.1. The van der Waals surface area contributed by atoms with Gasteiger partial charge in [-0.3, -0.25) is 4.79 Å². The van der Waals surface area contributed by atoms with E-state index in [-0.39, 0.29) is 17.1 Å². The van der Waals surface area contributed by atoms with E-state index in [9.17, 15) is 13.2 Å². The largest absolute Gasteiger partial charge is 0.481 e. The lowest BCUT2D eigenvalue weighted by Crippen LogP contribution is -2.26. The Morgan fingerprint density at radius 3 is 2.29 bits per heavy atom. The van der Waals surface area contributed by atoms with Crippen molar-refractivity contribution in [1.29, 1.82) is 0 Å². The lowest BCUT2D eigenvalue weighted by Gasteiger charge is -2.22. The van der Waals surface area contributed by atoms with Crippen LogP contribution in [0.5, 0.6) is 0 Å². The van der Waals surface area contributed by atoms with Gasteiger partial charge in [0.2, 0.25) is 0 Å². The smallest absolute Gasteiger partial charge is 0.303 e. The number of aryl methyl sites for hydroxylation is 1. The van der Waals surface area contributed by atoms with Gasteiger partial charge in [0.05, 0.1) is 16.2 Å². The number of rotatable bonds is 8. The number of carboxylic acids is 1. The van der Waals surface area contributed by atoms with Crippen molar-refractivity contribution in [3.63, 3.8) is 0 Å². The molecule has 0 amide bonds. The average molecular weight is 314 g/mol. The highest BCUT2D eigenvalue weighted by molar-refractivity contribution is 7.91. The second kappa shape index (κ2) is 7.04. The number of aliphatic carboxylic acids is 1. The second-order valence-corrected chi connectivity index (χ2v) is 7.68. The topological polar surface area (TPSA) is 80.7 Å². The van der Waals surface area contributed by atoms with Crippen molar-refractivity contribution in [2.24, 2.45) is 0 Å². The van der Waals surface area contributed by atoms with E-state index in [1.165, 1.54) is 12.1 Å². The number of ether oxygens (including phenoxy) is 1. The third-order valence-electron chi connectivity index (χ3n) is 3.44. The molecule has 0 aliphatic heterocycles. The third-order valence-corrected chi connectivity index (χ3v) is 5.17. The molecule has 0 heterocycles. The van der Waals surface area contributed by atoms with Gasteiger partial charge in [0.15, 0.2) is 9.84 Å². The number of benzene rings is 1. The third kappa shape index (κ3) is 5.85. The van der Waals surface area contributed by atoms with Crippen molar-refractivity contribution in [2.75, 3.05) is 12.9 Å². The summed E-state index contributed by atoms with van der Waals surface area (Å²) >= 11 is 0. The van der Waals surface area contributed by atoms with Gasteiger partial charge in [-0.15, -0.1) is 0 Å². The van der Waals surface area contributed by atoms with Gasteiger partial charge in [-0.05, 0) is 44.4 Å². The zero-order chi connectivity index (χ0) is 16.1. The van der Waals surface area contributed by atoms with Crippen molar-refractivity contribution >= 4 is 15.8 Å². The van der Waals surface area contributed by atoms with Crippen molar-refractivity contribution in [2.45, 2.75) is 43.6 Å². The van der Waals surface area contributed by atoms with Crippen LogP contribution in [0.25, 0.3) is 0 Å². The van der Waals surface area contributed by atoms with Gasteiger partial charge in [-0.25, -0.2) is 8.42 Å². The summed E-state index contributed by atoms with van der Waals surface area (Å²) in [7, 11) is -1.79. The minimum absolute atomic E-state index is 0.0162. The van der Waals surface area contributed by atoms with Gasteiger partial charge < -0.3 is 9.84 Å². The average Bonchev–Trinajstić information content (AvgIpc) is 2.44. The van der Waals surface area contributed by atoms with Gasteiger partial charge in [0, 0.05) is 13.5 Å². The molecule has 0 spiro atoms. The van der Waals surface area contributed by atoms with Gasteiger partial charge in [0.1, 0.15) is 0 Å². The van der Waals surface area contributed by atoms with E-state index in [0.29, 0.717) is 12.8 Å². The summed E-state index contributed by atoms with van der Waals surface area (Å²) in [5, 5.41) is 8.62. The minimum Gasteiger partial charge on any atom is -0.481 e. The van der Waals surface area contributed by atoms with Crippen LogP contribution in [0.3, 0.4) is 0 Å².